The molecule has 27 heavy (non-hydrogen) atoms. The number of hydrogen-bond donors (Lipinski definition) is 1. The predicted molar refractivity (Wildman–Crippen MR) is 123 cm³/mol. The van der Waals surface area contributed by atoms with Crippen molar-refractivity contribution in [1.29, 1.82) is 0 Å². The molecule has 1 fully saturated rings. The average molecular weight is 380 g/mol. The summed E-state index contributed by atoms with van der Waals surface area (Å²) in [4.78, 5) is 0. The van der Waals surface area contributed by atoms with Gasteiger partial charge in [-0.3, -0.25) is 0 Å². The van der Waals surface area contributed by atoms with E-state index in [9.17, 15) is 0 Å². The van der Waals surface area contributed by atoms with E-state index in [1.54, 1.807) is 0 Å². The maximum Gasteiger partial charge on any atom is 0.00996 e. The Labute approximate surface area is 172 Å². The predicted octanol–water partition coefficient (Wildman–Crippen LogP) is 8.22. The maximum absolute atomic E-state index is 6.30. The molecule has 0 heterocycles. The summed E-state index contributed by atoms with van der Waals surface area (Å²) in [5.41, 5.74) is 7.26. The van der Waals surface area contributed by atoms with Gasteiger partial charge in [0.25, 0.3) is 0 Å². The van der Waals surface area contributed by atoms with Gasteiger partial charge in [0.1, 0.15) is 0 Å². The number of rotatable bonds is 9. The molecule has 1 heteroatoms. The Hall–Kier alpha value is -0.0400. The highest BCUT2D eigenvalue weighted by Gasteiger charge is 2.37. The highest BCUT2D eigenvalue weighted by Crippen LogP contribution is 2.47. The van der Waals surface area contributed by atoms with Gasteiger partial charge in [-0.1, -0.05) is 87.0 Å². The summed E-state index contributed by atoms with van der Waals surface area (Å²) in [6, 6.07) is 0. The second-order valence-electron chi connectivity index (χ2n) is 11.9. The van der Waals surface area contributed by atoms with Crippen LogP contribution in [-0.2, 0) is 0 Å². The van der Waals surface area contributed by atoms with Gasteiger partial charge in [0, 0.05) is 5.54 Å². The van der Waals surface area contributed by atoms with Crippen molar-refractivity contribution < 1.29 is 0 Å². The molecule has 1 saturated carbocycles. The van der Waals surface area contributed by atoms with Crippen LogP contribution in [0.1, 0.15) is 127 Å². The molecule has 0 aliphatic heterocycles. The molecule has 2 unspecified atom stereocenters. The van der Waals surface area contributed by atoms with Gasteiger partial charge < -0.3 is 5.73 Å². The molecule has 162 valence electrons. The van der Waals surface area contributed by atoms with Crippen molar-refractivity contribution in [3.63, 3.8) is 0 Å². The van der Waals surface area contributed by atoms with Gasteiger partial charge in [0.15, 0.2) is 0 Å². The van der Waals surface area contributed by atoms with Gasteiger partial charge in [-0.2, -0.15) is 0 Å². The van der Waals surface area contributed by atoms with Crippen molar-refractivity contribution in [2.75, 3.05) is 0 Å². The molecular formula is C26H53N. The molecule has 1 nitrogen and oxygen atoms in total. The Kier molecular flexibility index (Phi) is 9.38. The average Bonchev–Trinajstić information content (AvgIpc) is 2.51. The van der Waals surface area contributed by atoms with Crippen LogP contribution < -0.4 is 5.73 Å². The van der Waals surface area contributed by atoms with Gasteiger partial charge in [-0.25, -0.2) is 0 Å². The number of hydrogen-bond acceptors (Lipinski definition) is 1. The zero-order valence-corrected chi connectivity index (χ0v) is 20.5. The minimum atomic E-state index is -0.0202. The number of nitrogens with two attached hydrogens (primary N) is 1. The third kappa shape index (κ3) is 7.71. The van der Waals surface area contributed by atoms with Crippen LogP contribution in [0.15, 0.2) is 0 Å². The Morgan fingerprint density at radius 1 is 0.815 bits per heavy atom. The van der Waals surface area contributed by atoms with Gasteiger partial charge >= 0.3 is 0 Å². The molecule has 0 bridgehead atoms. The lowest BCUT2D eigenvalue weighted by Crippen LogP contribution is -2.36. The van der Waals surface area contributed by atoms with Crippen LogP contribution in [0.3, 0.4) is 0 Å². The summed E-state index contributed by atoms with van der Waals surface area (Å²) >= 11 is 0. The molecule has 0 amide bonds. The lowest BCUT2D eigenvalue weighted by atomic mass is 9.62. The summed E-state index contributed by atoms with van der Waals surface area (Å²) < 4.78 is 0. The third-order valence-corrected chi connectivity index (χ3v) is 8.65. The summed E-state index contributed by atoms with van der Waals surface area (Å²) in [6.07, 6.45) is 13.7. The molecule has 0 saturated heterocycles. The molecule has 0 aromatic rings. The van der Waals surface area contributed by atoms with Gasteiger partial charge in [-0.05, 0) is 74.0 Å². The monoisotopic (exact) mass is 379 g/mol. The normalized spacial score (nSPS) is 25.6. The van der Waals surface area contributed by atoms with Crippen LogP contribution in [0, 0.1) is 34.5 Å². The van der Waals surface area contributed by atoms with Gasteiger partial charge in [-0.15, -0.1) is 0 Å². The molecule has 0 aromatic heterocycles. The van der Waals surface area contributed by atoms with E-state index in [0.717, 1.165) is 30.1 Å². The summed E-state index contributed by atoms with van der Waals surface area (Å²) in [6.45, 7) is 21.7. The largest absolute Gasteiger partial charge is 0.326 e. The summed E-state index contributed by atoms with van der Waals surface area (Å²) in [5.74, 6) is 3.37. The van der Waals surface area contributed by atoms with E-state index in [1.807, 2.05) is 0 Å². The molecule has 1 rings (SSSR count). The van der Waals surface area contributed by atoms with E-state index in [-0.39, 0.29) is 5.54 Å². The van der Waals surface area contributed by atoms with Crippen LogP contribution in [0.25, 0.3) is 0 Å². The van der Waals surface area contributed by atoms with Crippen molar-refractivity contribution in [3.05, 3.63) is 0 Å². The van der Waals surface area contributed by atoms with E-state index in [4.69, 9.17) is 5.73 Å². The Morgan fingerprint density at radius 2 is 1.30 bits per heavy atom. The van der Waals surface area contributed by atoms with Crippen molar-refractivity contribution >= 4 is 0 Å². The first kappa shape index (κ1) is 25.0. The highest BCUT2D eigenvalue weighted by atomic mass is 14.7. The van der Waals surface area contributed by atoms with Crippen molar-refractivity contribution in [3.8, 4) is 0 Å². The van der Waals surface area contributed by atoms with Crippen LogP contribution in [0.5, 0.6) is 0 Å². The molecular weight excluding hydrogens is 326 g/mol. The lowest BCUT2D eigenvalue weighted by Gasteiger charge is -2.43. The first-order chi connectivity index (χ1) is 12.3. The smallest absolute Gasteiger partial charge is 0.00996 e. The highest BCUT2D eigenvalue weighted by molar-refractivity contribution is 4.88. The van der Waals surface area contributed by atoms with Crippen LogP contribution in [-0.4, -0.2) is 5.54 Å². The minimum Gasteiger partial charge on any atom is -0.326 e. The Morgan fingerprint density at radius 3 is 1.70 bits per heavy atom. The van der Waals surface area contributed by atoms with Crippen molar-refractivity contribution in [2.45, 2.75) is 132 Å². The van der Waals surface area contributed by atoms with Crippen LogP contribution >= 0.6 is 0 Å². The molecule has 0 radical (unpaired) electrons. The quantitative estimate of drug-likeness (QED) is 0.429. The fraction of sp³-hybridized carbons (Fsp3) is 1.00. The van der Waals surface area contributed by atoms with Gasteiger partial charge in [0.05, 0.1) is 0 Å². The van der Waals surface area contributed by atoms with Crippen LogP contribution in [0.4, 0.5) is 0 Å². The van der Waals surface area contributed by atoms with E-state index in [0.29, 0.717) is 10.8 Å². The van der Waals surface area contributed by atoms with E-state index in [1.165, 1.54) is 57.8 Å². The molecule has 2 atom stereocenters. The third-order valence-electron chi connectivity index (χ3n) is 8.65. The van der Waals surface area contributed by atoms with E-state index >= 15 is 0 Å². The lowest BCUT2D eigenvalue weighted by molar-refractivity contribution is 0.0712. The SMILES string of the molecule is CCC(C)(CC)C(C)CC(C)(C)C1CCCC(C(C)CC(C)(C)N)CCC1. The maximum atomic E-state index is 6.30. The van der Waals surface area contributed by atoms with Gasteiger partial charge in [0.2, 0.25) is 0 Å². The Bertz CT molecular complexity index is 402. The zero-order valence-electron chi connectivity index (χ0n) is 20.5. The minimum absolute atomic E-state index is 0.0202. The first-order valence-electron chi connectivity index (χ1n) is 12.1. The van der Waals surface area contributed by atoms with E-state index < -0.39 is 0 Å². The summed E-state index contributed by atoms with van der Waals surface area (Å²) in [7, 11) is 0. The molecule has 1 aliphatic carbocycles. The summed E-state index contributed by atoms with van der Waals surface area (Å²) in [5, 5.41) is 0. The standard InChI is InChI=1S/C26H53N/c1-10-26(9,11-2)21(4)19-24(5,6)23-16-12-14-22(15-13-17-23)20(3)18-25(7,8)27/h20-23H,10-19,27H2,1-9H3. The molecule has 0 spiro atoms. The van der Waals surface area contributed by atoms with Crippen molar-refractivity contribution in [2.24, 2.45) is 40.2 Å². The molecule has 2 N–H and O–H groups in total. The second-order valence-corrected chi connectivity index (χ2v) is 11.9. The first-order valence-corrected chi connectivity index (χ1v) is 12.1. The Balaban J connectivity index is 2.64. The second kappa shape index (κ2) is 10.1. The van der Waals surface area contributed by atoms with E-state index in [2.05, 4.69) is 62.3 Å². The van der Waals surface area contributed by atoms with Crippen LogP contribution in [0.2, 0.25) is 0 Å². The topological polar surface area (TPSA) is 26.0 Å². The molecule has 1 aliphatic rings. The zero-order chi connectivity index (χ0) is 20.9. The fourth-order valence-electron chi connectivity index (χ4n) is 6.04. The van der Waals surface area contributed by atoms with Crippen molar-refractivity contribution in [1.82, 2.24) is 0 Å². The molecule has 0 aromatic carbocycles. The fourth-order valence-corrected chi connectivity index (χ4v) is 6.04.